The van der Waals surface area contributed by atoms with Crippen molar-refractivity contribution in [3.8, 4) is 0 Å². The van der Waals surface area contributed by atoms with Crippen molar-refractivity contribution in [2.45, 2.75) is 6.92 Å². The van der Waals surface area contributed by atoms with Gasteiger partial charge in [-0.2, -0.15) is 0 Å². The Morgan fingerprint density at radius 3 is 2.71 bits per heavy atom. The maximum Gasteiger partial charge on any atom is 0.271 e. The van der Waals surface area contributed by atoms with E-state index in [4.69, 9.17) is 11.6 Å². The van der Waals surface area contributed by atoms with Crippen LogP contribution in [0.25, 0.3) is 0 Å². The molecule has 1 N–H and O–H groups in total. The van der Waals surface area contributed by atoms with Crippen molar-refractivity contribution in [3.63, 3.8) is 0 Å². The van der Waals surface area contributed by atoms with E-state index in [1.807, 2.05) is 0 Å². The molecule has 0 aliphatic carbocycles. The van der Waals surface area contributed by atoms with Crippen LogP contribution in [-0.4, -0.2) is 15.8 Å². The molecular formula is C13H9BrClN3O3. The minimum Gasteiger partial charge on any atom is -0.321 e. The van der Waals surface area contributed by atoms with E-state index < -0.39 is 10.8 Å². The van der Waals surface area contributed by atoms with Crippen LogP contribution in [0, 0.1) is 17.0 Å². The van der Waals surface area contributed by atoms with Crippen LogP contribution in [0.4, 0.5) is 11.4 Å². The van der Waals surface area contributed by atoms with Crippen molar-refractivity contribution in [2.24, 2.45) is 0 Å². The first kappa shape index (κ1) is 15.4. The first-order valence-electron chi connectivity index (χ1n) is 5.76. The summed E-state index contributed by atoms with van der Waals surface area (Å²) in [5, 5.41) is 13.6. The summed E-state index contributed by atoms with van der Waals surface area (Å²) in [5.41, 5.74) is 1.12. The summed E-state index contributed by atoms with van der Waals surface area (Å²) in [5.74, 6) is -0.427. The zero-order valence-corrected chi connectivity index (χ0v) is 13.1. The molecule has 0 bridgehead atoms. The largest absolute Gasteiger partial charge is 0.321 e. The average molecular weight is 371 g/mol. The summed E-state index contributed by atoms with van der Waals surface area (Å²) < 4.78 is 0.540. The second-order valence-corrected chi connectivity index (χ2v) is 5.44. The SMILES string of the molecule is Cc1cc(C(=O)Nc2cc([N+](=O)[O-])ccc2Br)cc(Cl)n1. The normalized spacial score (nSPS) is 10.2. The van der Waals surface area contributed by atoms with E-state index in [1.54, 1.807) is 13.0 Å². The van der Waals surface area contributed by atoms with E-state index in [9.17, 15) is 14.9 Å². The van der Waals surface area contributed by atoms with Gasteiger partial charge in [0.15, 0.2) is 0 Å². The van der Waals surface area contributed by atoms with Crippen LogP contribution in [0.5, 0.6) is 0 Å². The second-order valence-electron chi connectivity index (χ2n) is 4.20. The molecule has 0 unspecified atom stereocenters. The first-order chi connectivity index (χ1) is 9.86. The molecule has 0 saturated carbocycles. The molecule has 8 heteroatoms. The van der Waals surface area contributed by atoms with Gasteiger partial charge in [-0.3, -0.25) is 14.9 Å². The van der Waals surface area contributed by atoms with Crippen molar-refractivity contribution in [2.75, 3.05) is 5.32 Å². The highest BCUT2D eigenvalue weighted by Crippen LogP contribution is 2.27. The number of amides is 1. The molecule has 1 amide bonds. The van der Waals surface area contributed by atoms with Crippen LogP contribution in [0.1, 0.15) is 16.1 Å². The highest BCUT2D eigenvalue weighted by atomic mass is 79.9. The summed E-state index contributed by atoms with van der Waals surface area (Å²) in [6, 6.07) is 7.12. The number of rotatable bonds is 3. The van der Waals surface area contributed by atoms with Crippen LogP contribution in [-0.2, 0) is 0 Å². The number of benzene rings is 1. The fraction of sp³-hybridized carbons (Fsp3) is 0.0769. The predicted molar refractivity (Wildman–Crippen MR) is 82.7 cm³/mol. The Labute approximate surface area is 133 Å². The van der Waals surface area contributed by atoms with Crippen molar-refractivity contribution < 1.29 is 9.72 Å². The van der Waals surface area contributed by atoms with Crippen LogP contribution in [0.3, 0.4) is 0 Å². The molecule has 0 saturated heterocycles. The number of carbonyl (C=O) groups is 1. The lowest BCUT2D eigenvalue weighted by molar-refractivity contribution is -0.384. The van der Waals surface area contributed by atoms with E-state index >= 15 is 0 Å². The maximum atomic E-state index is 12.2. The number of hydrogen-bond donors (Lipinski definition) is 1. The zero-order valence-electron chi connectivity index (χ0n) is 10.8. The van der Waals surface area contributed by atoms with Gasteiger partial charge in [-0.1, -0.05) is 11.6 Å². The first-order valence-corrected chi connectivity index (χ1v) is 6.93. The molecule has 6 nitrogen and oxygen atoms in total. The van der Waals surface area contributed by atoms with Crippen molar-refractivity contribution in [1.82, 2.24) is 4.98 Å². The number of pyridine rings is 1. The third kappa shape index (κ3) is 3.77. The highest BCUT2D eigenvalue weighted by Gasteiger charge is 2.14. The third-order valence-corrected chi connectivity index (χ3v) is 3.48. The molecule has 0 radical (unpaired) electrons. The predicted octanol–water partition coefficient (Wildman–Crippen LogP) is 3.97. The molecule has 2 aromatic rings. The number of halogens is 2. The molecular weight excluding hydrogens is 362 g/mol. The van der Waals surface area contributed by atoms with Gasteiger partial charge in [0.05, 0.1) is 10.6 Å². The summed E-state index contributed by atoms with van der Waals surface area (Å²) in [7, 11) is 0. The Morgan fingerprint density at radius 1 is 1.38 bits per heavy atom. The monoisotopic (exact) mass is 369 g/mol. The van der Waals surface area contributed by atoms with Crippen LogP contribution in [0.2, 0.25) is 5.15 Å². The number of anilines is 1. The van der Waals surface area contributed by atoms with Gasteiger partial charge in [0.2, 0.25) is 0 Å². The second kappa shape index (κ2) is 6.19. The zero-order chi connectivity index (χ0) is 15.6. The molecule has 21 heavy (non-hydrogen) atoms. The van der Waals surface area contributed by atoms with Crippen molar-refractivity contribution in [3.05, 3.63) is 61.3 Å². The molecule has 0 aliphatic heterocycles. The fourth-order valence-electron chi connectivity index (χ4n) is 1.68. The molecule has 0 fully saturated rings. The number of nitrogens with one attached hydrogen (secondary N) is 1. The van der Waals surface area contributed by atoms with E-state index in [2.05, 4.69) is 26.2 Å². The van der Waals surface area contributed by atoms with Gasteiger partial charge in [0.25, 0.3) is 11.6 Å². The summed E-state index contributed by atoms with van der Waals surface area (Å²) >= 11 is 9.04. The van der Waals surface area contributed by atoms with Gasteiger partial charge in [0, 0.05) is 27.9 Å². The fourth-order valence-corrected chi connectivity index (χ4v) is 2.27. The molecule has 0 aliphatic rings. The summed E-state index contributed by atoms with van der Waals surface area (Å²) in [6.45, 7) is 1.71. The Hall–Kier alpha value is -1.99. The summed E-state index contributed by atoms with van der Waals surface area (Å²) in [4.78, 5) is 26.4. The lowest BCUT2D eigenvalue weighted by Gasteiger charge is -2.08. The van der Waals surface area contributed by atoms with Gasteiger partial charge in [-0.05, 0) is 41.1 Å². The Balaban J connectivity index is 2.31. The minimum absolute atomic E-state index is 0.113. The van der Waals surface area contributed by atoms with E-state index in [-0.39, 0.29) is 10.8 Å². The molecule has 0 spiro atoms. The van der Waals surface area contributed by atoms with Crippen LogP contribution < -0.4 is 5.32 Å². The Morgan fingerprint density at radius 2 is 2.10 bits per heavy atom. The lowest BCUT2D eigenvalue weighted by atomic mass is 10.2. The van der Waals surface area contributed by atoms with Crippen molar-refractivity contribution in [1.29, 1.82) is 0 Å². The maximum absolute atomic E-state index is 12.2. The van der Waals surface area contributed by atoms with Crippen LogP contribution >= 0.6 is 27.5 Å². The number of nitro groups is 1. The highest BCUT2D eigenvalue weighted by molar-refractivity contribution is 9.10. The molecule has 108 valence electrons. The number of hydrogen-bond acceptors (Lipinski definition) is 4. The number of carbonyl (C=O) groups excluding carboxylic acids is 1. The third-order valence-electron chi connectivity index (χ3n) is 2.59. The topological polar surface area (TPSA) is 85.1 Å². The standard InChI is InChI=1S/C13H9BrClN3O3/c1-7-4-8(5-12(15)16-7)13(19)17-11-6-9(18(20)21)2-3-10(11)14/h2-6H,1H3,(H,17,19). The van der Waals surface area contributed by atoms with Gasteiger partial charge in [-0.25, -0.2) is 4.98 Å². The average Bonchev–Trinajstić information content (AvgIpc) is 2.39. The molecule has 1 aromatic heterocycles. The van der Waals surface area contributed by atoms with Gasteiger partial charge in [-0.15, -0.1) is 0 Å². The smallest absolute Gasteiger partial charge is 0.271 e. The quantitative estimate of drug-likeness (QED) is 0.503. The van der Waals surface area contributed by atoms with Crippen molar-refractivity contribution >= 4 is 44.8 Å². The van der Waals surface area contributed by atoms with E-state index in [1.165, 1.54) is 24.3 Å². The number of nitro benzene ring substituents is 1. The number of aryl methyl sites for hydroxylation is 1. The molecule has 1 aromatic carbocycles. The lowest BCUT2D eigenvalue weighted by Crippen LogP contribution is -2.13. The number of non-ortho nitro benzene ring substituents is 1. The summed E-state index contributed by atoms with van der Waals surface area (Å²) in [6.07, 6.45) is 0. The van der Waals surface area contributed by atoms with E-state index in [0.29, 0.717) is 21.4 Å². The Bertz CT molecular complexity index is 716. The van der Waals surface area contributed by atoms with Crippen LogP contribution in [0.15, 0.2) is 34.8 Å². The van der Waals surface area contributed by atoms with Gasteiger partial charge >= 0.3 is 0 Å². The Kier molecular flexibility index (Phi) is 4.54. The number of nitrogens with zero attached hydrogens (tertiary/aromatic N) is 2. The minimum atomic E-state index is -0.532. The van der Waals surface area contributed by atoms with Gasteiger partial charge < -0.3 is 5.32 Å². The molecule has 2 rings (SSSR count). The van der Waals surface area contributed by atoms with E-state index in [0.717, 1.165) is 0 Å². The molecule has 1 heterocycles. The number of aromatic nitrogens is 1. The van der Waals surface area contributed by atoms with Gasteiger partial charge in [0.1, 0.15) is 5.15 Å². The molecule has 0 atom stereocenters.